The van der Waals surface area contributed by atoms with Crippen LogP contribution in [0.5, 0.6) is 0 Å². The number of hydrogen-bond acceptors (Lipinski definition) is 17. The summed E-state index contributed by atoms with van der Waals surface area (Å²) >= 11 is 16.0. The van der Waals surface area contributed by atoms with E-state index in [0.717, 1.165) is 0 Å². The van der Waals surface area contributed by atoms with Gasteiger partial charge in [-0.1, -0.05) is 5.92 Å². The average Bonchev–Trinajstić information content (AvgIpc) is 2.97. The highest BCUT2D eigenvalue weighted by Crippen LogP contribution is 2.19. The molecule has 0 amide bonds. The maximum Gasteiger partial charge on any atom is 0.233 e. The van der Waals surface area contributed by atoms with Gasteiger partial charge in [0.2, 0.25) is 33.7 Å². The molecule has 0 aliphatic heterocycles. The van der Waals surface area contributed by atoms with Crippen molar-refractivity contribution in [1.82, 2.24) is 35.2 Å². The van der Waals surface area contributed by atoms with Gasteiger partial charge in [-0.3, -0.25) is 5.32 Å². The first-order valence-corrected chi connectivity index (χ1v) is 12.3. The van der Waals surface area contributed by atoms with E-state index in [9.17, 15) is 0 Å². The molecule has 2 heterocycles. The summed E-state index contributed by atoms with van der Waals surface area (Å²) in [5, 5.41) is 63.2. The van der Waals surface area contributed by atoms with E-state index in [2.05, 4.69) is 41.1 Å². The van der Waals surface area contributed by atoms with Crippen LogP contribution in [0.15, 0.2) is 0 Å². The molecule has 0 aromatic carbocycles. The zero-order chi connectivity index (χ0) is 32.5. The van der Waals surface area contributed by atoms with Gasteiger partial charge in [-0.2, -0.15) is 66.7 Å². The third-order valence-electron chi connectivity index (χ3n) is 4.00. The predicted molar refractivity (Wildman–Crippen MR) is 152 cm³/mol. The lowest BCUT2D eigenvalue weighted by molar-refractivity contribution is 0.810. The molecule has 0 radical (unpaired) electrons. The van der Waals surface area contributed by atoms with E-state index in [4.69, 9.17) is 78.1 Å². The Balaban J connectivity index is 0.000000890. The average molecular weight is 639 g/mol. The van der Waals surface area contributed by atoms with Gasteiger partial charge >= 0.3 is 0 Å². The van der Waals surface area contributed by atoms with Gasteiger partial charge in [-0.15, -0.1) is 6.42 Å². The van der Waals surface area contributed by atoms with Crippen molar-refractivity contribution in [3.63, 3.8) is 0 Å². The molecule has 0 bridgehead atoms. The lowest BCUT2D eigenvalue weighted by Gasteiger charge is -2.23. The van der Waals surface area contributed by atoms with Crippen LogP contribution in [0.2, 0.25) is 15.9 Å². The fourth-order valence-electron chi connectivity index (χ4n) is 2.37. The van der Waals surface area contributed by atoms with Gasteiger partial charge in [0.05, 0.1) is 62.1 Å². The van der Waals surface area contributed by atoms with E-state index in [1.807, 2.05) is 42.5 Å². The third kappa shape index (κ3) is 15.6. The zero-order valence-electron chi connectivity index (χ0n) is 22.0. The number of hydrogen-bond donors (Lipinski definition) is 1. The summed E-state index contributed by atoms with van der Waals surface area (Å²) in [6.07, 6.45) is 5.32. The number of nitriles is 7. The molecular weight excluding hydrogens is 621 g/mol. The molecule has 0 saturated carbocycles. The molecule has 216 valence electrons. The molecule has 2 aromatic heterocycles. The number of halogens is 3. The fourth-order valence-corrected chi connectivity index (χ4v) is 2.98. The van der Waals surface area contributed by atoms with E-state index in [1.54, 1.807) is 0 Å². The van der Waals surface area contributed by atoms with Crippen molar-refractivity contribution < 1.29 is 0 Å². The lowest BCUT2D eigenvalue weighted by Crippen LogP contribution is -2.33. The summed E-state index contributed by atoms with van der Waals surface area (Å²) in [5.74, 6) is 2.42. The summed E-state index contributed by atoms with van der Waals surface area (Å²) in [5.41, 5.74) is 0. The Hall–Kier alpha value is -5.76. The topological polar surface area (TPSA) is 266 Å². The number of nitrogens with one attached hydrogen (secondary N) is 1. The number of terminal acetylenes is 1. The van der Waals surface area contributed by atoms with Gasteiger partial charge in [0.25, 0.3) is 0 Å². The van der Waals surface area contributed by atoms with Crippen LogP contribution in [0.1, 0.15) is 0 Å². The van der Waals surface area contributed by atoms with Gasteiger partial charge in [-0.05, 0) is 34.8 Å². The first-order chi connectivity index (χ1) is 20.7. The van der Waals surface area contributed by atoms with Crippen LogP contribution < -0.4 is 20.0 Å². The first-order valence-electron chi connectivity index (χ1n) is 11.2. The normalized spacial score (nSPS) is 8.53. The van der Waals surface area contributed by atoms with E-state index in [0.29, 0.717) is 0 Å². The van der Waals surface area contributed by atoms with Crippen LogP contribution in [0.3, 0.4) is 0 Å². The molecule has 17 nitrogen and oxygen atoms in total. The maximum absolute atomic E-state index is 8.99. The summed E-state index contributed by atoms with van der Waals surface area (Å²) in [6.45, 7) is -0.230. The molecule has 1 N–H and O–H groups in total. The summed E-state index contributed by atoms with van der Waals surface area (Å²) in [6, 6.07) is 13.3. The molecule has 2 rings (SSSR count). The van der Waals surface area contributed by atoms with Gasteiger partial charge in [0.1, 0.15) is 32.7 Å². The predicted octanol–water partition coefficient (Wildman–Crippen LogP) is 0.997. The van der Waals surface area contributed by atoms with E-state index in [-0.39, 0.29) is 86.1 Å². The van der Waals surface area contributed by atoms with Crippen LogP contribution in [-0.2, 0) is 0 Å². The molecule has 43 heavy (non-hydrogen) atoms. The SMILES string of the molecule is C#CCN(CC#N)c1nc(N(CC#N)CC#N)nc(N(CC#N)CC#N)n1.Clc1nc(Cl)nc(Cl)n1.N#CCNCC#N. The minimum atomic E-state index is -0.166. The Morgan fingerprint density at radius 3 is 1.00 bits per heavy atom. The van der Waals surface area contributed by atoms with Crippen LogP contribution in [-0.4, -0.2) is 82.3 Å². The maximum atomic E-state index is 8.99. The molecule has 20 heteroatoms. The van der Waals surface area contributed by atoms with Gasteiger partial charge in [-0.25, -0.2) is 0 Å². The molecule has 0 aliphatic rings. The molecule has 0 atom stereocenters. The largest absolute Gasteiger partial charge is 0.316 e. The molecule has 0 unspecified atom stereocenters. The van der Waals surface area contributed by atoms with Crippen LogP contribution in [0.4, 0.5) is 17.8 Å². The first kappa shape index (κ1) is 37.2. The van der Waals surface area contributed by atoms with Crippen molar-refractivity contribution in [3.05, 3.63) is 15.9 Å². The summed E-state index contributed by atoms with van der Waals surface area (Å²) in [7, 11) is 0. The van der Waals surface area contributed by atoms with Gasteiger partial charge < -0.3 is 14.7 Å². The third-order valence-corrected chi connectivity index (χ3v) is 4.51. The molecule has 0 saturated heterocycles. The number of rotatable bonds is 11. The highest BCUT2D eigenvalue weighted by Gasteiger charge is 2.20. The van der Waals surface area contributed by atoms with Crippen molar-refractivity contribution in [2.45, 2.75) is 0 Å². The summed E-state index contributed by atoms with van der Waals surface area (Å²) in [4.78, 5) is 26.9. The number of nitrogens with zero attached hydrogens (tertiary/aromatic N) is 16. The van der Waals surface area contributed by atoms with Crippen molar-refractivity contribution >= 4 is 52.6 Å². The number of anilines is 3. The van der Waals surface area contributed by atoms with Crippen LogP contribution in [0.25, 0.3) is 0 Å². The Kier molecular flexibility index (Phi) is 19.9. The molecule has 0 fully saturated rings. The monoisotopic (exact) mass is 637 g/mol. The molecular formula is C23H18Cl3N17. The lowest BCUT2D eigenvalue weighted by atomic mass is 10.5. The van der Waals surface area contributed by atoms with Crippen molar-refractivity contribution in [3.8, 4) is 54.8 Å². The Labute approximate surface area is 262 Å². The second-order valence-electron chi connectivity index (χ2n) is 6.86. The fraction of sp³-hybridized carbons (Fsp3) is 0.348. The minimum Gasteiger partial charge on any atom is -0.316 e. The minimum absolute atomic E-state index is 0.000000000000000444. The molecule has 0 spiro atoms. The quantitative estimate of drug-likeness (QED) is 0.204. The zero-order valence-corrected chi connectivity index (χ0v) is 24.3. The van der Waals surface area contributed by atoms with E-state index in [1.165, 1.54) is 14.7 Å². The number of aromatic nitrogens is 6. The highest BCUT2D eigenvalue weighted by molar-refractivity contribution is 6.33. The van der Waals surface area contributed by atoms with Crippen molar-refractivity contribution in [2.75, 3.05) is 67.1 Å². The van der Waals surface area contributed by atoms with Crippen molar-refractivity contribution in [2.24, 2.45) is 0 Å². The second kappa shape index (κ2) is 23.0. The standard InChI is InChI=1S/C16H13N11.C4H5N3.C3Cl3N3/c1-2-8-25(9-3-17)14-22-15(26(10-4-18)11-5-19)24-16(23-14)27(12-6-20)13-7-21;5-1-3-7-4-2-6;4-1-7-2(5)9-3(6)8-1/h1H,8-13H2;7H,3-4H2;. The van der Waals surface area contributed by atoms with Crippen molar-refractivity contribution in [1.29, 1.82) is 36.8 Å². The van der Waals surface area contributed by atoms with Gasteiger partial charge in [0.15, 0.2) is 0 Å². The smallest absolute Gasteiger partial charge is 0.233 e. The highest BCUT2D eigenvalue weighted by atomic mass is 35.5. The Bertz CT molecular complexity index is 1280. The Morgan fingerprint density at radius 1 is 0.488 bits per heavy atom. The van der Waals surface area contributed by atoms with E-state index < -0.39 is 0 Å². The van der Waals surface area contributed by atoms with Gasteiger partial charge in [0, 0.05) is 0 Å². The van der Waals surface area contributed by atoms with Crippen LogP contribution in [0, 0.1) is 91.7 Å². The molecule has 2 aromatic rings. The Morgan fingerprint density at radius 2 is 0.767 bits per heavy atom. The summed E-state index contributed by atoms with van der Waals surface area (Å²) < 4.78 is 0. The van der Waals surface area contributed by atoms with E-state index >= 15 is 0 Å². The van der Waals surface area contributed by atoms with Crippen LogP contribution >= 0.6 is 34.8 Å². The second-order valence-corrected chi connectivity index (χ2v) is 7.87. The molecule has 0 aliphatic carbocycles.